The van der Waals surface area contributed by atoms with Gasteiger partial charge in [-0.25, -0.2) is 9.59 Å². The maximum Gasteiger partial charge on any atom is 0.329 e. The van der Waals surface area contributed by atoms with Crippen LogP contribution >= 0.6 is 0 Å². The highest BCUT2D eigenvalue weighted by Gasteiger charge is 2.41. The second-order valence-corrected chi connectivity index (χ2v) is 6.18. The minimum Gasteiger partial charge on any atom is -0.480 e. The third-order valence-corrected chi connectivity index (χ3v) is 4.35. The molecule has 8 heteroatoms. The van der Waals surface area contributed by atoms with E-state index < -0.39 is 28.3 Å². The zero-order valence-corrected chi connectivity index (χ0v) is 11.8. The van der Waals surface area contributed by atoms with Gasteiger partial charge >= 0.3 is 12.0 Å². The van der Waals surface area contributed by atoms with Gasteiger partial charge in [0.2, 0.25) is 0 Å². The third-order valence-electron chi connectivity index (χ3n) is 3.05. The molecule has 0 aromatic heterocycles. The minimum absolute atomic E-state index is 0.247. The molecule has 0 aromatic carbocycles. The van der Waals surface area contributed by atoms with Crippen LogP contribution in [0.15, 0.2) is 0 Å². The van der Waals surface area contributed by atoms with E-state index in [9.17, 15) is 18.9 Å². The SMILES string of the molecule is CCS(=O)CCNC(=O)NC1(C(=O)O)CCOCC1. The molecule has 1 aliphatic rings. The fourth-order valence-electron chi connectivity index (χ4n) is 1.80. The number of amides is 2. The van der Waals surface area contributed by atoms with Crippen LogP contribution in [0, 0.1) is 0 Å². The Balaban J connectivity index is 2.44. The highest BCUT2D eigenvalue weighted by Crippen LogP contribution is 2.20. The molecule has 0 bridgehead atoms. The lowest BCUT2D eigenvalue weighted by Gasteiger charge is -2.33. The number of carboxylic acids is 1. The number of carbonyl (C=O) groups excluding carboxylic acids is 1. The van der Waals surface area contributed by atoms with Crippen molar-refractivity contribution in [2.75, 3.05) is 31.3 Å². The van der Waals surface area contributed by atoms with Crippen molar-refractivity contribution in [1.29, 1.82) is 0 Å². The van der Waals surface area contributed by atoms with Crippen molar-refractivity contribution in [2.24, 2.45) is 0 Å². The van der Waals surface area contributed by atoms with E-state index in [0.717, 1.165) is 0 Å². The number of carbonyl (C=O) groups is 2. The molecule has 7 nitrogen and oxygen atoms in total. The summed E-state index contributed by atoms with van der Waals surface area (Å²) < 4.78 is 16.3. The van der Waals surface area contributed by atoms with Crippen LogP contribution in [0.25, 0.3) is 0 Å². The lowest BCUT2D eigenvalue weighted by atomic mass is 9.90. The van der Waals surface area contributed by atoms with Gasteiger partial charge in [0.15, 0.2) is 0 Å². The van der Waals surface area contributed by atoms with Crippen molar-refractivity contribution in [1.82, 2.24) is 10.6 Å². The van der Waals surface area contributed by atoms with E-state index in [1.165, 1.54) is 0 Å². The Morgan fingerprint density at radius 3 is 2.53 bits per heavy atom. The van der Waals surface area contributed by atoms with E-state index >= 15 is 0 Å². The topological polar surface area (TPSA) is 105 Å². The second kappa shape index (κ2) is 7.44. The predicted molar refractivity (Wildman–Crippen MR) is 70.5 cm³/mol. The maximum absolute atomic E-state index is 11.7. The quantitative estimate of drug-likeness (QED) is 0.623. The summed E-state index contributed by atoms with van der Waals surface area (Å²) in [6.45, 7) is 2.69. The molecule has 0 saturated carbocycles. The molecule has 1 unspecified atom stereocenters. The standard InChI is InChI=1S/C11H20N2O5S/c1-2-19(17)8-5-12-10(16)13-11(9(14)15)3-6-18-7-4-11/h2-8H2,1H3,(H,14,15)(H2,12,13,16). The summed E-state index contributed by atoms with van der Waals surface area (Å²) in [5, 5.41) is 14.3. The van der Waals surface area contributed by atoms with E-state index in [1.807, 2.05) is 0 Å². The Kier molecular flexibility index (Phi) is 6.23. The van der Waals surface area contributed by atoms with Crippen LogP contribution in [0.3, 0.4) is 0 Å². The van der Waals surface area contributed by atoms with Gasteiger partial charge in [-0.15, -0.1) is 0 Å². The smallest absolute Gasteiger partial charge is 0.329 e. The van der Waals surface area contributed by atoms with Crippen LogP contribution in [0.4, 0.5) is 4.79 Å². The van der Waals surface area contributed by atoms with Gasteiger partial charge in [-0.3, -0.25) is 4.21 Å². The van der Waals surface area contributed by atoms with Gasteiger partial charge < -0.3 is 20.5 Å². The number of hydrogen-bond donors (Lipinski definition) is 3. The van der Waals surface area contributed by atoms with Crippen LogP contribution in [-0.2, 0) is 20.3 Å². The summed E-state index contributed by atoms with van der Waals surface area (Å²) in [5.41, 5.74) is -1.26. The zero-order chi connectivity index (χ0) is 14.3. The molecular formula is C11H20N2O5S. The molecule has 2 amide bonds. The van der Waals surface area contributed by atoms with Crippen LogP contribution in [-0.4, -0.2) is 58.1 Å². The summed E-state index contributed by atoms with van der Waals surface area (Å²) in [7, 11) is -0.948. The zero-order valence-electron chi connectivity index (χ0n) is 10.9. The molecule has 0 aliphatic carbocycles. The predicted octanol–water partition coefficient (Wildman–Crippen LogP) is -0.312. The minimum atomic E-state index is -1.26. The Morgan fingerprint density at radius 2 is 2.00 bits per heavy atom. The molecule has 3 N–H and O–H groups in total. The first-order valence-electron chi connectivity index (χ1n) is 6.22. The van der Waals surface area contributed by atoms with Gasteiger partial charge in [0.1, 0.15) is 5.54 Å². The Bertz CT molecular complexity index is 355. The summed E-state index contributed by atoms with van der Waals surface area (Å²) in [5.74, 6) is -0.143. The van der Waals surface area contributed by atoms with Gasteiger partial charge in [0, 0.05) is 54.9 Å². The average molecular weight is 292 g/mol. The third kappa shape index (κ3) is 4.79. The van der Waals surface area contributed by atoms with Crippen molar-refractivity contribution in [3.8, 4) is 0 Å². The lowest BCUT2D eigenvalue weighted by molar-refractivity contribution is -0.148. The van der Waals surface area contributed by atoms with E-state index in [4.69, 9.17) is 4.74 Å². The molecule has 19 heavy (non-hydrogen) atoms. The Hall–Kier alpha value is -1.15. The van der Waals surface area contributed by atoms with E-state index in [0.29, 0.717) is 24.7 Å². The largest absolute Gasteiger partial charge is 0.480 e. The number of hydrogen-bond acceptors (Lipinski definition) is 4. The van der Waals surface area contributed by atoms with E-state index in [2.05, 4.69) is 10.6 Å². The molecule has 1 rings (SSSR count). The first-order valence-corrected chi connectivity index (χ1v) is 7.71. The Labute approximate surface area is 114 Å². The van der Waals surface area contributed by atoms with Gasteiger partial charge in [-0.05, 0) is 0 Å². The summed E-state index contributed by atoms with van der Waals surface area (Å²) in [6, 6.07) is -0.544. The van der Waals surface area contributed by atoms with Crippen molar-refractivity contribution in [3.63, 3.8) is 0 Å². The number of nitrogens with one attached hydrogen (secondary N) is 2. The molecule has 1 aliphatic heterocycles. The average Bonchev–Trinajstić information content (AvgIpc) is 2.39. The van der Waals surface area contributed by atoms with Gasteiger partial charge in [-0.2, -0.15) is 0 Å². The number of urea groups is 1. The fraction of sp³-hybridized carbons (Fsp3) is 0.818. The van der Waals surface area contributed by atoms with Gasteiger partial charge in [-0.1, -0.05) is 6.92 Å². The molecule has 110 valence electrons. The van der Waals surface area contributed by atoms with Gasteiger partial charge in [0.05, 0.1) is 0 Å². The van der Waals surface area contributed by atoms with Crippen molar-refractivity contribution >= 4 is 22.8 Å². The Morgan fingerprint density at radius 1 is 1.37 bits per heavy atom. The number of carboxylic acid groups (broad SMARTS) is 1. The maximum atomic E-state index is 11.7. The van der Waals surface area contributed by atoms with Gasteiger partial charge in [0.25, 0.3) is 0 Å². The van der Waals surface area contributed by atoms with Crippen LogP contribution in [0.5, 0.6) is 0 Å². The van der Waals surface area contributed by atoms with Crippen molar-refractivity contribution in [3.05, 3.63) is 0 Å². The first-order chi connectivity index (χ1) is 9.00. The molecular weight excluding hydrogens is 272 g/mol. The highest BCUT2D eigenvalue weighted by molar-refractivity contribution is 7.84. The molecule has 1 atom stereocenters. The molecule has 0 aromatic rings. The van der Waals surface area contributed by atoms with E-state index in [-0.39, 0.29) is 19.4 Å². The lowest BCUT2D eigenvalue weighted by Crippen LogP contribution is -2.59. The highest BCUT2D eigenvalue weighted by atomic mass is 32.2. The summed E-state index contributed by atoms with van der Waals surface area (Å²) in [6.07, 6.45) is 0.493. The molecule has 1 heterocycles. The van der Waals surface area contributed by atoms with Crippen LogP contribution < -0.4 is 10.6 Å². The summed E-state index contributed by atoms with van der Waals surface area (Å²) >= 11 is 0. The van der Waals surface area contributed by atoms with Crippen molar-refractivity contribution in [2.45, 2.75) is 25.3 Å². The molecule has 0 spiro atoms. The summed E-state index contributed by atoms with van der Waals surface area (Å²) in [4.78, 5) is 23.0. The van der Waals surface area contributed by atoms with Crippen molar-refractivity contribution < 1.29 is 23.6 Å². The number of ether oxygens (including phenoxy) is 1. The van der Waals surface area contributed by atoms with Crippen LogP contribution in [0.2, 0.25) is 0 Å². The molecule has 1 fully saturated rings. The number of rotatable bonds is 6. The number of aliphatic carboxylic acids is 1. The van der Waals surface area contributed by atoms with E-state index in [1.54, 1.807) is 6.92 Å². The molecule has 1 saturated heterocycles. The normalized spacial score (nSPS) is 19.4. The van der Waals surface area contributed by atoms with Crippen LogP contribution in [0.1, 0.15) is 19.8 Å². The monoisotopic (exact) mass is 292 g/mol. The second-order valence-electron chi connectivity index (χ2n) is 4.31. The fourth-order valence-corrected chi connectivity index (χ4v) is 2.41. The first kappa shape index (κ1) is 15.9. The molecule has 0 radical (unpaired) electrons.